The van der Waals surface area contributed by atoms with E-state index in [4.69, 9.17) is 0 Å². The highest BCUT2D eigenvalue weighted by Crippen LogP contribution is 2.32. The molecular weight excluding hydrogens is 336 g/mol. The molecule has 0 aliphatic carbocycles. The Morgan fingerprint density at radius 3 is 2.57 bits per heavy atom. The van der Waals surface area contributed by atoms with Crippen LogP contribution in [0.4, 0.5) is 8.78 Å². The molecule has 2 aromatic carbocycles. The second-order valence-corrected chi connectivity index (χ2v) is 5.72. The fraction of sp³-hybridized carbons (Fsp3) is 0.294. The zero-order valence-electron chi connectivity index (χ0n) is 12.1. The SMILES string of the molecule is CCNC(CC)c1cccc(-c2c(F)ccc(Br)c2F)c1. The van der Waals surface area contributed by atoms with Crippen molar-refractivity contribution in [3.05, 3.63) is 58.1 Å². The number of rotatable bonds is 5. The van der Waals surface area contributed by atoms with Crippen LogP contribution in [-0.2, 0) is 0 Å². The quantitative estimate of drug-likeness (QED) is 0.704. The lowest BCUT2D eigenvalue weighted by Gasteiger charge is -2.17. The second-order valence-electron chi connectivity index (χ2n) is 4.86. The minimum atomic E-state index is -0.566. The van der Waals surface area contributed by atoms with Crippen LogP contribution in [0.2, 0.25) is 0 Å². The highest BCUT2D eigenvalue weighted by molar-refractivity contribution is 9.10. The standard InChI is InChI=1S/C17H18BrF2N/c1-3-15(21-4-2)11-6-5-7-12(10-11)16-14(19)9-8-13(18)17(16)20/h5-10,15,21H,3-4H2,1-2H3. The van der Waals surface area contributed by atoms with E-state index in [1.165, 1.54) is 12.1 Å². The maximum Gasteiger partial charge on any atom is 0.148 e. The van der Waals surface area contributed by atoms with Crippen molar-refractivity contribution in [2.75, 3.05) is 6.54 Å². The van der Waals surface area contributed by atoms with Gasteiger partial charge in [-0.15, -0.1) is 0 Å². The second kappa shape index (κ2) is 7.14. The van der Waals surface area contributed by atoms with Crippen LogP contribution in [0.5, 0.6) is 0 Å². The van der Waals surface area contributed by atoms with Crippen molar-refractivity contribution in [1.82, 2.24) is 5.32 Å². The van der Waals surface area contributed by atoms with Gasteiger partial charge in [-0.25, -0.2) is 8.78 Å². The molecule has 1 unspecified atom stereocenters. The molecule has 0 saturated heterocycles. The van der Waals surface area contributed by atoms with E-state index in [1.54, 1.807) is 6.07 Å². The molecule has 1 atom stereocenters. The van der Waals surface area contributed by atoms with Crippen LogP contribution in [0, 0.1) is 11.6 Å². The molecule has 0 saturated carbocycles. The van der Waals surface area contributed by atoms with Gasteiger partial charge in [-0.3, -0.25) is 0 Å². The zero-order valence-corrected chi connectivity index (χ0v) is 13.7. The lowest BCUT2D eigenvalue weighted by atomic mass is 9.97. The molecule has 0 fully saturated rings. The average molecular weight is 354 g/mol. The summed E-state index contributed by atoms with van der Waals surface area (Å²) in [5.41, 5.74) is 1.60. The number of halogens is 3. The average Bonchev–Trinajstić information content (AvgIpc) is 2.49. The molecule has 112 valence electrons. The molecular formula is C17H18BrF2N. The predicted molar refractivity (Wildman–Crippen MR) is 86.2 cm³/mol. The van der Waals surface area contributed by atoms with Crippen molar-refractivity contribution in [2.45, 2.75) is 26.3 Å². The summed E-state index contributed by atoms with van der Waals surface area (Å²) in [6.45, 7) is 4.97. The van der Waals surface area contributed by atoms with Crippen LogP contribution >= 0.6 is 15.9 Å². The Labute approximate surface area is 132 Å². The summed E-state index contributed by atoms with van der Waals surface area (Å²) in [6, 6.07) is 10.2. The van der Waals surface area contributed by atoms with Crippen molar-refractivity contribution in [1.29, 1.82) is 0 Å². The van der Waals surface area contributed by atoms with Gasteiger partial charge in [0.25, 0.3) is 0 Å². The normalized spacial score (nSPS) is 12.4. The van der Waals surface area contributed by atoms with E-state index in [0.29, 0.717) is 5.56 Å². The molecule has 4 heteroatoms. The van der Waals surface area contributed by atoms with E-state index in [2.05, 4.69) is 28.2 Å². The van der Waals surface area contributed by atoms with Crippen LogP contribution in [0.25, 0.3) is 11.1 Å². The fourth-order valence-corrected chi connectivity index (χ4v) is 2.78. The van der Waals surface area contributed by atoms with Gasteiger partial charge < -0.3 is 5.32 Å². The Morgan fingerprint density at radius 2 is 1.90 bits per heavy atom. The zero-order chi connectivity index (χ0) is 15.4. The van der Waals surface area contributed by atoms with Gasteiger partial charge in [-0.2, -0.15) is 0 Å². The summed E-state index contributed by atoms with van der Waals surface area (Å²) in [4.78, 5) is 0. The van der Waals surface area contributed by atoms with E-state index in [-0.39, 0.29) is 16.1 Å². The fourth-order valence-electron chi connectivity index (χ4n) is 2.45. The van der Waals surface area contributed by atoms with Crippen molar-refractivity contribution in [3.63, 3.8) is 0 Å². The van der Waals surface area contributed by atoms with Crippen molar-refractivity contribution in [3.8, 4) is 11.1 Å². The molecule has 0 amide bonds. The smallest absolute Gasteiger partial charge is 0.148 e. The molecule has 0 aliphatic rings. The lowest BCUT2D eigenvalue weighted by molar-refractivity contribution is 0.537. The van der Waals surface area contributed by atoms with Gasteiger partial charge in [0.05, 0.1) is 10.0 Å². The summed E-state index contributed by atoms with van der Waals surface area (Å²) < 4.78 is 28.5. The van der Waals surface area contributed by atoms with Gasteiger partial charge in [0, 0.05) is 6.04 Å². The first-order valence-electron chi connectivity index (χ1n) is 7.05. The molecule has 21 heavy (non-hydrogen) atoms. The summed E-state index contributed by atoms with van der Waals surface area (Å²) >= 11 is 3.11. The first kappa shape index (κ1) is 16.1. The molecule has 0 bridgehead atoms. The Bertz CT molecular complexity index is 628. The highest BCUT2D eigenvalue weighted by atomic mass is 79.9. The van der Waals surface area contributed by atoms with Crippen LogP contribution < -0.4 is 5.32 Å². The summed E-state index contributed by atoms with van der Waals surface area (Å²) in [7, 11) is 0. The van der Waals surface area contributed by atoms with Gasteiger partial charge in [0.15, 0.2) is 0 Å². The number of hydrogen-bond donors (Lipinski definition) is 1. The monoisotopic (exact) mass is 353 g/mol. The highest BCUT2D eigenvalue weighted by Gasteiger charge is 2.16. The molecule has 0 radical (unpaired) electrons. The van der Waals surface area contributed by atoms with E-state index in [0.717, 1.165) is 18.5 Å². The third-order valence-corrected chi connectivity index (χ3v) is 4.09. The van der Waals surface area contributed by atoms with Crippen LogP contribution in [-0.4, -0.2) is 6.54 Å². The molecule has 1 N–H and O–H groups in total. The minimum Gasteiger partial charge on any atom is -0.310 e. The Hall–Kier alpha value is -1.26. The van der Waals surface area contributed by atoms with Crippen molar-refractivity contribution < 1.29 is 8.78 Å². The molecule has 2 rings (SSSR count). The Morgan fingerprint density at radius 1 is 1.14 bits per heavy atom. The molecule has 2 aromatic rings. The largest absolute Gasteiger partial charge is 0.310 e. The van der Waals surface area contributed by atoms with E-state index in [1.807, 2.05) is 25.1 Å². The van der Waals surface area contributed by atoms with E-state index in [9.17, 15) is 8.78 Å². The molecule has 0 aromatic heterocycles. The molecule has 1 nitrogen and oxygen atoms in total. The van der Waals surface area contributed by atoms with Gasteiger partial charge in [0.1, 0.15) is 11.6 Å². The first-order chi connectivity index (χ1) is 10.1. The van der Waals surface area contributed by atoms with Crippen LogP contribution in [0.3, 0.4) is 0 Å². The minimum absolute atomic E-state index is 0.0116. The van der Waals surface area contributed by atoms with Gasteiger partial charge in [-0.05, 0) is 58.2 Å². The molecule has 0 spiro atoms. The topological polar surface area (TPSA) is 12.0 Å². The molecule has 0 aliphatic heterocycles. The Balaban J connectivity index is 2.49. The van der Waals surface area contributed by atoms with Crippen molar-refractivity contribution in [2.24, 2.45) is 0 Å². The lowest BCUT2D eigenvalue weighted by Crippen LogP contribution is -2.20. The van der Waals surface area contributed by atoms with Crippen LogP contribution in [0.1, 0.15) is 31.9 Å². The van der Waals surface area contributed by atoms with Crippen LogP contribution in [0.15, 0.2) is 40.9 Å². The van der Waals surface area contributed by atoms with Gasteiger partial charge >= 0.3 is 0 Å². The summed E-state index contributed by atoms with van der Waals surface area (Å²) in [6.07, 6.45) is 0.917. The molecule has 0 heterocycles. The third kappa shape index (κ3) is 3.50. The number of hydrogen-bond acceptors (Lipinski definition) is 1. The predicted octanol–water partition coefficient (Wildman–Crippen LogP) is 5.45. The number of benzene rings is 2. The van der Waals surface area contributed by atoms with E-state index >= 15 is 0 Å². The summed E-state index contributed by atoms with van der Waals surface area (Å²) in [5.74, 6) is -1.12. The first-order valence-corrected chi connectivity index (χ1v) is 7.85. The maximum atomic E-state index is 14.2. The van der Waals surface area contributed by atoms with Crippen molar-refractivity contribution >= 4 is 15.9 Å². The third-order valence-electron chi connectivity index (χ3n) is 3.48. The van der Waals surface area contributed by atoms with Gasteiger partial charge in [-0.1, -0.05) is 32.0 Å². The van der Waals surface area contributed by atoms with Gasteiger partial charge in [0.2, 0.25) is 0 Å². The summed E-state index contributed by atoms with van der Waals surface area (Å²) in [5, 5.41) is 3.37. The maximum absolute atomic E-state index is 14.2. The number of nitrogens with one attached hydrogen (secondary N) is 1. The van der Waals surface area contributed by atoms with E-state index < -0.39 is 11.6 Å². The Kier molecular flexibility index (Phi) is 5.48.